The summed E-state index contributed by atoms with van der Waals surface area (Å²) in [5.74, 6) is 0.393. The first-order chi connectivity index (χ1) is 11.7. The molecule has 1 amide bonds. The number of guanidine groups is 1. The summed E-state index contributed by atoms with van der Waals surface area (Å²) in [6.07, 6.45) is -0.306. The number of anilines is 1. The van der Waals surface area contributed by atoms with Gasteiger partial charge in [-0.25, -0.2) is 9.79 Å². The first-order valence-electron chi connectivity index (χ1n) is 7.83. The van der Waals surface area contributed by atoms with Crippen LogP contribution in [0.3, 0.4) is 0 Å². The molecule has 0 aliphatic carbocycles. The maximum atomic E-state index is 11.6. The molecule has 2 aromatic carbocycles. The fourth-order valence-electron chi connectivity index (χ4n) is 2.47. The van der Waals surface area contributed by atoms with Gasteiger partial charge in [0.25, 0.3) is 0 Å². The van der Waals surface area contributed by atoms with E-state index in [0.29, 0.717) is 32.2 Å². The third-order valence-corrected chi connectivity index (χ3v) is 3.73. The summed E-state index contributed by atoms with van der Waals surface area (Å²) in [5, 5.41) is 3.09. The van der Waals surface area contributed by atoms with Crippen molar-refractivity contribution >= 4 is 41.7 Å². The van der Waals surface area contributed by atoms with E-state index in [1.54, 1.807) is 4.90 Å². The van der Waals surface area contributed by atoms with Crippen LogP contribution in [0.1, 0.15) is 11.1 Å². The number of benzene rings is 2. The number of hydrogen-bond donors (Lipinski definition) is 2. The van der Waals surface area contributed by atoms with Crippen molar-refractivity contribution in [2.75, 3.05) is 18.1 Å². The molecule has 0 spiro atoms. The van der Waals surface area contributed by atoms with Crippen LogP contribution in [0.5, 0.6) is 0 Å². The molecule has 0 unspecified atom stereocenters. The average Bonchev–Trinajstić information content (AvgIpc) is 3.05. The zero-order chi connectivity index (χ0) is 16.8. The Labute approximate surface area is 164 Å². The molecule has 1 heterocycles. The normalized spacial score (nSPS) is 14.0. The number of cyclic esters (lactones) is 1. The number of halogens is 1. The minimum atomic E-state index is -0.306. The van der Waals surface area contributed by atoms with E-state index in [1.165, 1.54) is 0 Å². The maximum Gasteiger partial charge on any atom is 0.414 e. The highest BCUT2D eigenvalue weighted by Gasteiger charge is 2.23. The van der Waals surface area contributed by atoms with E-state index in [9.17, 15) is 4.79 Å². The van der Waals surface area contributed by atoms with Gasteiger partial charge >= 0.3 is 6.09 Å². The Morgan fingerprint density at radius 2 is 1.92 bits per heavy atom. The predicted molar refractivity (Wildman–Crippen MR) is 109 cm³/mol. The Morgan fingerprint density at radius 1 is 1.16 bits per heavy atom. The maximum absolute atomic E-state index is 11.6. The second-order valence-electron chi connectivity index (χ2n) is 5.48. The second kappa shape index (κ2) is 9.26. The molecule has 0 atom stereocenters. The smallest absolute Gasteiger partial charge is 0.414 e. The lowest BCUT2D eigenvalue weighted by molar-refractivity contribution is 0.181. The molecule has 0 bridgehead atoms. The molecule has 132 valence electrons. The number of nitrogens with two attached hydrogens (primary N) is 1. The summed E-state index contributed by atoms with van der Waals surface area (Å²) >= 11 is 0. The molecule has 6 nitrogen and oxygen atoms in total. The van der Waals surface area contributed by atoms with Gasteiger partial charge in [-0.3, -0.25) is 4.90 Å². The number of amides is 1. The van der Waals surface area contributed by atoms with E-state index >= 15 is 0 Å². The van der Waals surface area contributed by atoms with Gasteiger partial charge in [-0.2, -0.15) is 0 Å². The van der Waals surface area contributed by atoms with E-state index in [0.717, 1.165) is 16.8 Å². The molecule has 0 radical (unpaired) electrons. The van der Waals surface area contributed by atoms with Crippen molar-refractivity contribution in [1.29, 1.82) is 0 Å². The van der Waals surface area contributed by atoms with Crippen molar-refractivity contribution in [3.63, 3.8) is 0 Å². The number of carbonyl (C=O) groups excluding carboxylic acids is 1. The largest absolute Gasteiger partial charge is 0.447 e. The zero-order valence-electron chi connectivity index (χ0n) is 13.7. The fraction of sp³-hybridized carbons (Fsp3) is 0.222. The first kappa shape index (κ1) is 19.0. The number of ether oxygens (including phenoxy) is 1. The van der Waals surface area contributed by atoms with Crippen molar-refractivity contribution < 1.29 is 9.53 Å². The van der Waals surface area contributed by atoms with Crippen LogP contribution in [-0.2, 0) is 17.8 Å². The van der Waals surface area contributed by atoms with Crippen LogP contribution in [-0.4, -0.2) is 25.2 Å². The number of nitrogens with zero attached hydrogens (tertiary/aromatic N) is 2. The van der Waals surface area contributed by atoms with E-state index in [4.69, 9.17) is 10.5 Å². The molecule has 3 rings (SSSR count). The highest BCUT2D eigenvalue weighted by molar-refractivity contribution is 14.0. The number of nitrogens with one attached hydrogen (secondary N) is 1. The van der Waals surface area contributed by atoms with Crippen molar-refractivity contribution in [2.45, 2.75) is 13.1 Å². The van der Waals surface area contributed by atoms with Crippen LogP contribution in [0.25, 0.3) is 0 Å². The van der Waals surface area contributed by atoms with E-state index < -0.39 is 0 Å². The van der Waals surface area contributed by atoms with E-state index in [-0.39, 0.29) is 30.1 Å². The van der Waals surface area contributed by atoms with Crippen LogP contribution in [0.4, 0.5) is 10.5 Å². The molecule has 2 aromatic rings. The monoisotopic (exact) mass is 452 g/mol. The standard InChI is InChI=1S/C18H20N4O2.HI/c19-17(20-12-14-5-2-1-3-6-14)21-13-15-7-4-8-16(11-15)22-9-10-24-18(22)23;/h1-8,11H,9-10,12-13H2,(H3,19,20,21);1H. The summed E-state index contributed by atoms with van der Waals surface area (Å²) < 4.78 is 4.96. The third kappa shape index (κ3) is 5.35. The summed E-state index contributed by atoms with van der Waals surface area (Å²) in [6, 6.07) is 17.7. The lowest BCUT2D eigenvalue weighted by Crippen LogP contribution is -2.31. The number of rotatable bonds is 5. The molecule has 1 aliphatic rings. The molecular weight excluding hydrogens is 431 g/mol. The van der Waals surface area contributed by atoms with Crippen molar-refractivity contribution in [1.82, 2.24) is 5.32 Å². The Balaban J connectivity index is 0.00000225. The SMILES string of the molecule is I.NC(=NCc1cccc(N2CCOC2=O)c1)NCc1ccccc1. The molecule has 25 heavy (non-hydrogen) atoms. The van der Waals surface area contributed by atoms with Crippen molar-refractivity contribution in [2.24, 2.45) is 10.7 Å². The quantitative estimate of drug-likeness (QED) is 0.416. The van der Waals surface area contributed by atoms with Gasteiger partial charge in [0, 0.05) is 12.2 Å². The Hall–Kier alpha value is -2.29. The number of aliphatic imine (C=N–C) groups is 1. The van der Waals surface area contributed by atoms with Crippen molar-refractivity contribution in [3.05, 3.63) is 65.7 Å². The highest BCUT2D eigenvalue weighted by Crippen LogP contribution is 2.20. The highest BCUT2D eigenvalue weighted by atomic mass is 127. The molecule has 3 N–H and O–H groups in total. The molecule has 1 saturated heterocycles. The predicted octanol–water partition coefficient (Wildman–Crippen LogP) is 2.87. The molecular formula is C18H21IN4O2. The van der Waals surface area contributed by atoms with Crippen LogP contribution in [0, 0.1) is 0 Å². The topological polar surface area (TPSA) is 79.9 Å². The first-order valence-corrected chi connectivity index (χ1v) is 7.83. The number of hydrogen-bond acceptors (Lipinski definition) is 3. The van der Waals surface area contributed by atoms with E-state index in [1.807, 2.05) is 54.6 Å². The van der Waals surface area contributed by atoms with Gasteiger partial charge < -0.3 is 15.8 Å². The van der Waals surface area contributed by atoms with Crippen molar-refractivity contribution in [3.8, 4) is 0 Å². The molecule has 1 aliphatic heterocycles. The van der Waals surface area contributed by atoms with Gasteiger partial charge in [0.05, 0.1) is 13.1 Å². The van der Waals surface area contributed by atoms with Gasteiger partial charge in [0.15, 0.2) is 5.96 Å². The van der Waals surface area contributed by atoms with Crippen LogP contribution in [0.2, 0.25) is 0 Å². The molecule has 1 fully saturated rings. The Bertz CT molecular complexity index is 737. The average molecular weight is 452 g/mol. The summed E-state index contributed by atoms with van der Waals surface area (Å²) in [6.45, 7) is 2.09. The summed E-state index contributed by atoms with van der Waals surface area (Å²) in [5.41, 5.74) is 8.85. The van der Waals surface area contributed by atoms with Gasteiger partial charge in [-0.1, -0.05) is 42.5 Å². The fourth-order valence-corrected chi connectivity index (χ4v) is 2.47. The Kier molecular flexibility index (Phi) is 7.05. The van der Waals surface area contributed by atoms with E-state index in [2.05, 4.69) is 10.3 Å². The van der Waals surface area contributed by atoms with Gasteiger partial charge in [-0.15, -0.1) is 24.0 Å². The lowest BCUT2D eigenvalue weighted by Gasteiger charge is -2.13. The second-order valence-corrected chi connectivity index (χ2v) is 5.48. The number of carbonyl (C=O) groups is 1. The van der Waals surface area contributed by atoms with Crippen LogP contribution in [0.15, 0.2) is 59.6 Å². The summed E-state index contributed by atoms with van der Waals surface area (Å²) in [7, 11) is 0. The van der Waals surface area contributed by atoms with Gasteiger partial charge in [0.1, 0.15) is 6.61 Å². The minimum Gasteiger partial charge on any atom is -0.447 e. The minimum absolute atomic E-state index is 0. The molecule has 7 heteroatoms. The van der Waals surface area contributed by atoms with Crippen LogP contribution < -0.4 is 16.0 Å². The Morgan fingerprint density at radius 3 is 2.64 bits per heavy atom. The van der Waals surface area contributed by atoms with Crippen LogP contribution >= 0.6 is 24.0 Å². The lowest BCUT2D eigenvalue weighted by atomic mass is 10.2. The molecule has 0 saturated carbocycles. The zero-order valence-corrected chi connectivity index (χ0v) is 16.1. The summed E-state index contributed by atoms with van der Waals surface area (Å²) in [4.78, 5) is 17.6. The molecule has 0 aromatic heterocycles. The van der Waals surface area contributed by atoms with Gasteiger partial charge in [-0.05, 0) is 23.3 Å². The third-order valence-electron chi connectivity index (χ3n) is 3.73. The van der Waals surface area contributed by atoms with Gasteiger partial charge in [0.2, 0.25) is 0 Å².